The number of hydrogen-bond acceptors (Lipinski definition) is 0. The van der Waals surface area contributed by atoms with Gasteiger partial charge < -0.3 is 0 Å². The Kier molecular flexibility index (Phi) is 8.70. The summed E-state index contributed by atoms with van der Waals surface area (Å²) in [6.07, 6.45) is 0. The predicted molar refractivity (Wildman–Crippen MR) is 372 cm³/mol. The minimum atomic E-state index is -0.707. The van der Waals surface area contributed by atoms with E-state index in [0.717, 1.165) is 0 Å². The molecular formula is C89H48. The molecule has 0 fully saturated rings. The van der Waals surface area contributed by atoms with Crippen molar-refractivity contribution in [2.45, 2.75) is 5.41 Å². The molecule has 16 aromatic carbocycles. The first-order chi connectivity index (χ1) is 44.1. The van der Waals surface area contributed by atoms with E-state index in [2.05, 4.69) is 291 Å². The summed E-state index contributed by atoms with van der Waals surface area (Å²) in [6.45, 7) is 0. The number of benzene rings is 16. The van der Waals surface area contributed by atoms with Gasteiger partial charge in [0.2, 0.25) is 0 Å². The molecule has 0 unspecified atom stereocenters. The van der Waals surface area contributed by atoms with Crippen LogP contribution in [0.15, 0.2) is 291 Å². The summed E-state index contributed by atoms with van der Waals surface area (Å²) in [6, 6.07) is 113. The van der Waals surface area contributed by atoms with Gasteiger partial charge in [-0.1, -0.05) is 243 Å². The third-order valence-corrected chi connectivity index (χ3v) is 21.6. The average molecular weight is 1120 g/mol. The Balaban J connectivity index is 0.795. The molecule has 0 nitrogen and oxygen atoms in total. The lowest BCUT2D eigenvalue weighted by Crippen LogP contribution is -2.26. The molecule has 0 saturated carbocycles. The van der Waals surface area contributed by atoms with Gasteiger partial charge in [0, 0.05) is 0 Å². The van der Waals surface area contributed by atoms with E-state index in [0.29, 0.717) is 0 Å². The minimum Gasteiger partial charge on any atom is -0.0610 e. The first-order valence-corrected chi connectivity index (χ1v) is 31.4. The molecule has 0 bridgehead atoms. The summed E-state index contributed by atoms with van der Waals surface area (Å²) in [5.74, 6) is 0. The van der Waals surface area contributed by atoms with Gasteiger partial charge in [-0.3, -0.25) is 0 Å². The molecule has 0 atom stereocenters. The van der Waals surface area contributed by atoms with Crippen LogP contribution in [0.5, 0.6) is 0 Å². The van der Waals surface area contributed by atoms with Crippen molar-refractivity contribution >= 4 is 43.1 Å². The quantitative estimate of drug-likeness (QED) is 0.165. The Hall–Kier alpha value is -11.4. The molecule has 0 aromatic heterocycles. The normalized spacial score (nSPS) is 13.5. The summed E-state index contributed by atoms with van der Waals surface area (Å²) in [4.78, 5) is 0. The first kappa shape index (κ1) is 46.8. The molecule has 6 aliphatic carbocycles. The summed E-state index contributed by atoms with van der Waals surface area (Å²) in [7, 11) is 0. The molecule has 0 radical (unpaired) electrons. The van der Waals surface area contributed by atoms with Gasteiger partial charge in [-0.15, -0.1) is 0 Å². The molecule has 0 amide bonds. The minimum absolute atomic E-state index is 0.707. The van der Waals surface area contributed by atoms with E-state index in [4.69, 9.17) is 0 Å². The maximum absolute atomic E-state index is 2.59. The van der Waals surface area contributed by atoms with E-state index in [-0.39, 0.29) is 0 Å². The SMILES string of the molecule is c1cc2c3c(cccc3c1)-c1cc(-c3ccc4c(c3)C3(c5cc(-c6ccc7c(c6)-c6cccc8cccc-7c68)ccc5-4)c4cc(-c5ccc6c(c5)-c5cccc7cccc-6c57)ccc4-c4ccc(-c5ccc6c(c5)-c5cccc7cccc-6c57)cc43)ccc1-2. The highest BCUT2D eigenvalue weighted by atomic mass is 14.5. The van der Waals surface area contributed by atoms with Gasteiger partial charge in [0.25, 0.3) is 0 Å². The molecule has 0 aliphatic heterocycles. The van der Waals surface area contributed by atoms with Crippen LogP contribution in [0.2, 0.25) is 0 Å². The van der Waals surface area contributed by atoms with Crippen LogP contribution in [-0.2, 0) is 5.41 Å². The highest BCUT2D eigenvalue weighted by Gasteiger charge is 2.52. The van der Waals surface area contributed by atoms with Gasteiger partial charge in [-0.25, -0.2) is 0 Å². The molecule has 89 heavy (non-hydrogen) atoms. The zero-order valence-corrected chi connectivity index (χ0v) is 48.2. The van der Waals surface area contributed by atoms with Gasteiger partial charge >= 0.3 is 0 Å². The Morgan fingerprint density at radius 1 is 0.135 bits per heavy atom. The molecule has 0 N–H and O–H groups in total. The van der Waals surface area contributed by atoms with Gasteiger partial charge in [0.1, 0.15) is 0 Å². The molecule has 1 spiro atoms. The van der Waals surface area contributed by atoms with E-state index in [1.807, 2.05) is 0 Å². The lowest BCUT2D eigenvalue weighted by Gasteiger charge is -2.32. The van der Waals surface area contributed by atoms with Crippen LogP contribution in [0, 0.1) is 0 Å². The van der Waals surface area contributed by atoms with Crippen molar-refractivity contribution in [1.82, 2.24) is 0 Å². The lowest BCUT2D eigenvalue weighted by atomic mass is 9.69. The third kappa shape index (κ3) is 5.90. The monoisotopic (exact) mass is 1120 g/mol. The van der Waals surface area contributed by atoms with Gasteiger partial charge in [-0.2, -0.15) is 0 Å². The maximum atomic E-state index is 2.59. The number of rotatable bonds is 4. The summed E-state index contributed by atoms with van der Waals surface area (Å²) in [5.41, 5.74) is 40.5. The van der Waals surface area contributed by atoms with Crippen molar-refractivity contribution in [1.29, 1.82) is 0 Å². The van der Waals surface area contributed by atoms with Gasteiger partial charge in [0.05, 0.1) is 5.41 Å². The predicted octanol–water partition coefficient (Wildman–Crippen LogP) is 23.9. The summed E-state index contributed by atoms with van der Waals surface area (Å²) in [5, 5.41) is 10.6. The van der Waals surface area contributed by atoms with E-state index >= 15 is 0 Å². The maximum Gasteiger partial charge on any atom is 0.0726 e. The molecule has 0 heterocycles. The zero-order chi connectivity index (χ0) is 57.5. The second kappa shape index (κ2) is 16.5. The summed E-state index contributed by atoms with van der Waals surface area (Å²) >= 11 is 0. The van der Waals surface area contributed by atoms with Crippen molar-refractivity contribution in [2.24, 2.45) is 0 Å². The van der Waals surface area contributed by atoms with Crippen LogP contribution in [0.1, 0.15) is 22.3 Å². The van der Waals surface area contributed by atoms with Crippen LogP contribution in [0.3, 0.4) is 0 Å². The van der Waals surface area contributed by atoms with Crippen molar-refractivity contribution in [3.05, 3.63) is 313 Å². The second-order valence-electron chi connectivity index (χ2n) is 25.7. The number of hydrogen-bond donors (Lipinski definition) is 0. The first-order valence-electron chi connectivity index (χ1n) is 31.4. The Labute approximate surface area is 514 Å². The fraction of sp³-hybridized carbons (Fsp3) is 0.0112. The Morgan fingerprint density at radius 2 is 0.315 bits per heavy atom. The van der Waals surface area contributed by atoms with Crippen molar-refractivity contribution in [2.75, 3.05) is 0 Å². The van der Waals surface area contributed by atoms with E-state index in [9.17, 15) is 0 Å². The van der Waals surface area contributed by atoms with Gasteiger partial charge in [0.15, 0.2) is 0 Å². The average Bonchev–Trinajstić information content (AvgIpc) is 1.52. The van der Waals surface area contributed by atoms with Crippen LogP contribution >= 0.6 is 0 Å². The smallest absolute Gasteiger partial charge is 0.0610 e. The molecule has 16 aromatic rings. The van der Waals surface area contributed by atoms with Gasteiger partial charge in [-0.05, 0) is 270 Å². The highest BCUT2D eigenvalue weighted by Crippen LogP contribution is 2.65. The summed E-state index contributed by atoms with van der Waals surface area (Å²) < 4.78 is 0. The van der Waals surface area contributed by atoms with Crippen molar-refractivity contribution < 1.29 is 0 Å². The van der Waals surface area contributed by atoms with Crippen LogP contribution in [-0.4, -0.2) is 0 Å². The van der Waals surface area contributed by atoms with Crippen LogP contribution in [0.25, 0.3) is 199 Å². The molecule has 6 aliphatic rings. The standard InChI is InChI=1S/C89H48/c1-9-49-13-5-21-73-77-41-53(25-33-61(77)69(17-1)85(49)73)57-29-37-65-66-38-30-58(54-26-34-62-70-18-2-10-50-14-6-22-74(86(50)70)78(62)42-54)46-82(66)89(81(65)45-57)83-47-59(55-27-35-63-71-19-3-11-51-15-7-23-75(87(51)71)79(63)43-55)31-39-67(83)68-40-32-60(48-84(68)89)56-28-36-64-72-20-4-12-52-16-8-24-76(88(52)72)80(64)44-56/h1-48H. The van der Waals surface area contributed by atoms with Crippen molar-refractivity contribution in [3.8, 4) is 156 Å². The fourth-order valence-corrected chi connectivity index (χ4v) is 17.8. The van der Waals surface area contributed by atoms with E-state index < -0.39 is 5.41 Å². The molecule has 0 heteroatoms. The molecule has 22 rings (SSSR count). The lowest BCUT2D eigenvalue weighted by molar-refractivity contribution is 0.795. The van der Waals surface area contributed by atoms with E-state index in [1.165, 1.54) is 221 Å². The number of fused-ring (bicyclic) bond motifs is 22. The molecule has 404 valence electrons. The Bertz CT molecular complexity index is 5280. The second-order valence-corrected chi connectivity index (χ2v) is 25.7. The van der Waals surface area contributed by atoms with E-state index in [1.54, 1.807) is 0 Å². The highest BCUT2D eigenvalue weighted by molar-refractivity contribution is 6.19. The molecular weight excluding hydrogens is 1070 g/mol. The van der Waals surface area contributed by atoms with Crippen LogP contribution in [0.4, 0.5) is 0 Å². The fourth-order valence-electron chi connectivity index (χ4n) is 17.8. The van der Waals surface area contributed by atoms with Crippen LogP contribution < -0.4 is 0 Å². The Morgan fingerprint density at radius 3 is 0.528 bits per heavy atom. The zero-order valence-electron chi connectivity index (χ0n) is 48.2. The largest absolute Gasteiger partial charge is 0.0726 e. The van der Waals surface area contributed by atoms with Crippen molar-refractivity contribution in [3.63, 3.8) is 0 Å². The third-order valence-electron chi connectivity index (χ3n) is 21.6. The molecule has 0 saturated heterocycles. The topological polar surface area (TPSA) is 0 Å².